The molecule has 0 spiro atoms. The van der Waals surface area contributed by atoms with Crippen LogP contribution in [-0.4, -0.2) is 18.7 Å². The van der Waals surface area contributed by atoms with Crippen LogP contribution in [0, 0.1) is 0 Å². The Morgan fingerprint density at radius 2 is 2.50 bits per heavy atom. The summed E-state index contributed by atoms with van der Waals surface area (Å²) in [4.78, 5) is 0. The summed E-state index contributed by atoms with van der Waals surface area (Å²) in [6.07, 6.45) is 2.39. The average molecular weight is 260 g/mol. The van der Waals surface area contributed by atoms with Crippen LogP contribution in [0.15, 0.2) is 11.4 Å². The van der Waals surface area contributed by atoms with E-state index in [0.29, 0.717) is 0 Å². The topological polar surface area (TPSA) is 21.3 Å². The van der Waals surface area contributed by atoms with E-state index >= 15 is 0 Å². The Balaban J connectivity index is 2.07. The van der Waals surface area contributed by atoms with Gasteiger partial charge >= 0.3 is 0 Å². The van der Waals surface area contributed by atoms with Crippen LogP contribution < -0.4 is 5.32 Å². The average Bonchev–Trinajstić information content (AvgIpc) is 2.65. The fourth-order valence-electron chi connectivity index (χ4n) is 2.25. The van der Waals surface area contributed by atoms with Gasteiger partial charge in [-0.05, 0) is 30.4 Å². The van der Waals surface area contributed by atoms with Gasteiger partial charge in [-0.1, -0.05) is 24.9 Å². The van der Waals surface area contributed by atoms with E-state index in [9.17, 15) is 0 Å². The lowest BCUT2D eigenvalue weighted by atomic mass is 9.97. The van der Waals surface area contributed by atoms with Gasteiger partial charge in [0.15, 0.2) is 0 Å². The van der Waals surface area contributed by atoms with Crippen molar-refractivity contribution in [1.82, 2.24) is 5.32 Å². The number of halogens is 1. The van der Waals surface area contributed by atoms with Crippen molar-refractivity contribution >= 4 is 22.9 Å². The Kier molecular flexibility index (Phi) is 3.90. The molecule has 0 radical (unpaired) electrons. The quantitative estimate of drug-likeness (QED) is 0.895. The summed E-state index contributed by atoms with van der Waals surface area (Å²) in [5.41, 5.74) is 1.16. The van der Waals surface area contributed by atoms with Crippen molar-refractivity contribution in [3.05, 3.63) is 21.3 Å². The Labute approximate surface area is 106 Å². The summed E-state index contributed by atoms with van der Waals surface area (Å²) in [6, 6.07) is 2.01. The summed E-state index contributed by atoms with van der Waals surface area (Å²) in [5.74, 6) is 0. The predicted octanol–water partition coefficient (Wildman–Crippen LogP) is 3.62. The van der Waals surface area contributed by atoms with Crippen LogP contribution in [-0.2, 0) is 4.74 Å². The highest BCUT2D eigenvalue weighted by Crippen LogP contribution is 2.33. The largest absolute Gasteiger partial charge is 0.365 e. The van der Waals surface area contributed by atoms with Gasteiger partial charge in [0.05, 0.1) is 16.0 Å². The normalized spacial score (nSPS) is 30.6. The Morgan fingerprint density at radius 3 is 3.12 bits per heavy atom. The Bertz CT molecular complexity index is 351. The monoisotopic (exact) mass is 259 g/mol. The first-order valence-electron chi connectivity index (χ1n) is 5.75. The van der Waals surface area contributed by atoms with Crippen molar-refractivity contribution in [2.24, 2.45) is 0 Å². The molecule has 1 N–H and O–H groups in total. The number of hydrogen-bond donors (Lipinski definition) is 1. The number of hydrogen-bond acceptors (Lipinski definition) is 3. The maximum Gasteiger partial charge on any atom is 0.0965 e. The molecule has 2 nitrogen and oxygen atoms in total. The van der Waals surface area contributed by atoms with E-state index in [1.54, 1.807) is 11.3 Å². The lowest BCUT2D eigenvalue weighted by Crippen LogP contribution is -2.48. The first-order chi connectivity index (χ1) is 7.63. The van der Waals surface area contributed by atoms with Gasteiger partial charge in [0.25, 0.3) is 0 Å². The highest BCUT2D eigenvalue weighted by molar-refractivity contribution is 7.14. The van der Waals surface area contributed by atoms with Crippen molar-refractivity contribution < 1.29 is 4.74 Å². The molecule has 0 bridgehead atoms. The van der Waals surface area contributed by atoms with Crippen LogP contribution in [0.4, 0.5) is 0 Å². The van der Waals surface area contributed by atoms with Gasteiger partial charge in [-0.15, -0.1) is 11.3 Å². The van der Waals surface area contributed by atoms with E-state index in [-0.39, 0.29) is 11.7 Å². The molecule has 2 heterocycles. The smallest absolute Gasteiger partial charge is 0.0965 e. The SMILES string of the molecule is CCCC1(C)CNCC(c2csc(Cl)c2)O1. The molecule has 1 aliphatic rings. The van der Waals surface area contributed by atoms with E-state index in [4.69, 9.17) is 16.3 Å². The van der Waals surface area contributed by atoms with Gasteiger partial charge in [-0.25, -0.2) is 0 Å². The minimum atomic E-state index is -0.0356. The van der Waals surface area contributed by atoms with Crippen molar-refractivity contribution in [1.29, 1.82) is 0 Å². The highest BCUT2D eigenvalue weighted by atomic mass is 35.5. The summed E-state index contributed by atoms with van der Waals surface area (Å²) >= 11 is 7.52. The zero-order valence-corrected chi connectivity index (χ0v) is 11.3. The number of nitrogens with one attached hydrogen (secondary N) is 1. The third kappa shape index (κ3) is 2.77. The molecule has 2 atom stereocenters. The molecule has 0 aromatic carbocycles. The van der Waals surface area contributed by atoms with Crippen molar-refractivity contribution in [3.8, 4) is 0 Å². The highest BCUT2D eigenvalue weighted by Gasteiger charge is 2.32. The molecule has 0 saturated carbocycles. The third-order valence-electron chi connectivity index (χ3n) is 2.99. The lowest BCUT2D eigenvalue weighted by Gasteiger charge is -2.39. The molecule has 4 heteroatoms. The van der Waals surface area contributed by atoms with Gasteiger partial charge in [-0.3, -0.25) is 0 Å². The molecular formula is C12H18ClNOS. The predicted molar refractivity (Wildman–Crippen MR) is 69.3 cm³/mol. The molecule has 1 fully saturated rings. The minimum Gasteiger partial charge on any atom is -0.365 e. The zero-order chi connectivity index (χ0) is 11.6. The van der Waals surface area contributed by atoms with Gasteiger partial charge in [0.1, 0.15) is 0 Å². The van der Waals surface area contributed by atoms with Crippen LogP contribution in [0.25, 0.3) is 0 Å². The Hall–Kier alpha value is -0.0900. The van der Waals surface area contributed by atoms with Crippen molar-refractivity contribution in [3.63, 3.8) is 0 Å². The van der Waals surface area contributed by atoms with E-state index in [1.807, 2.05) is 6.07 Å². The molecule has 0 amide bonds. The maximum absolute atomic E-state index is 6.20. The molecule has 1 aromatic heterocycles. The first kappa shape index (κ1) is 12.4. The molecule has 2 rings (SSSR count). The van der Waals surface area contributed by atoms with Crippen LogP contribution in [0.1, 0.15) is 38.4 Å². The molecule has 1 aromatic rings. The van der Waals surface area contributed by atoms with Gasteiger partial charge in [0, 0.05) is 13.1 Å². The van der Waals surface area contributed by atoms with E-state index in [2.05, 4.69) is 24.5 Å². The molecule has 1 saturated heterocycles. The standard InChI is InChI=1S/C12H18ClNOS/c1-3-4-12(2)8-14-6-10(15-12)9-5-11(13)16-7-9/h5,7,10,14H,3-4,6,8H2,1-2H3. The second-order valence-electron chi connectivity index (χ2n) is 4.62. The summed E-state index contributed by atoms with van der Waals surface area (Å²) in [5, 5.41) is 5.54. The molecule has 1 aliphatic heterocycles. The minimum absolute atomic E-state index is 0.0356. The number of rotatable bonds is 3. The second kappa shape index (κ2) is 5.05. The number of thiophene rings is 1. The van der Waals surface area contributed by atoms with E-state index in [0.717, 1.165) is 30.3 Å². The summed E-state index contributed by atoms with van der Waals surface area (Å²) in [7, 11) is 0. The van der Waals surface area contributed by atoms with Crippen molar-refractivity contribution in [2.75, 3.05) is 13.1 Å². The third-order valence-corrected chi connectivity index (χ3v) is 4.10. The van der Waals surface area contributed by atoms with Gasteiger partial charge < -0.3 is 10.1 Å². The van der Waals surface area contributed by atoms with Crippen LogP contribution in [0.5, 0.6) is 0 Å². The Morgan fingerprint density at radius 1 is 1.69 bits per heavy atom. The molecule has 16 heavy (non-hydrogen) atoms. The fourth-order valence-corrected chi connectivity index (χ4v) is 3.18. The van der Waals surface area contributed by atoms with Crippen LogP contribution in [0.3, 0.4) is 0 Å². The van der Waals surface area contributed by atoms with Gasteiger partial charge in [-0.2, -0.15) is 0 Å². The molecule has 90 valence electrons. The molecule has 0 aliphatic carbocycles. The zero-order valence-electron chi connectivity index (χ0n) is 9.75. The van der Waals surface area contributed by atoms with Gasteiger partial charge in [0.2, 0.25) is 0 Å². The van der Waals surface area contributed by atoms with Crippen LogP contribution >= 0.6 is 22.9 Å². The van der Waals surface area contributed by atoms with E-state index in [1.165, 1.54) is 5.56 Å². The molecule has 2 unspecified atom stereocenters. The van der Waals surface area contributed by atoms with Crippen LogP contribution in [0.2, 0.25) is 4.34 Å². The molecular weight excluding hydrogens is 242 g/mol. The number of morpholine rings is 1. The second-order valence-corrected chi connectivity index (χ2v) is 6.16. The summed E-state index contributed by atoms with van der Waals surface area (Å²) < 4.78 is 7.03. The van der Waals surface area contributed by atoms with Crippen molar-refractivity contribution in [2.45, 2.75) is 38.4 Å². The lowest BCUT2D eigenvalue weighted by molar-refractivity contribution is -0.111. The maximum atomic E-state index is 6.20. The number of ether oxygens (including phenoxy) is 1. The first-order valence-corrected chi connectivity index (χ1v) is 7.01. The fraction of sp³-hybridized carbons (Fsp3) is 0.667. The summed E-state index contributed by atoms with van der Waals surface area (Å²) in [6.45, 7) is 6.20. The van der Waals surface area contributed by atoms with E-state index < -0.39 is 0 Å².